The SMILES string of the molecule is Cc1ccc([C@@H](CC(=O)O)c2ccc3c(nnn3CC3CC3)c2C(F)F)cc1CN1CC2CCCN2c2ncccc2S1(=O)=O. The van der Waals surface area contributed by atoms with E-state index in [1.165, 1.54) is 4.31 Å². The Kier molecular flexibility index (Phi) is 7.55. The fourth-order valence-electron chi connectivity index (χ4n) is 6.86. The lowest BCUT2D eigenvalue weighted by molar-refractivity contribution is -0.137. The van der Waals surface area contributed by atoms with Gasteiger partial charge < -0.3 is 10.0 Å². The van der Waals surface area contributed by atoms with E-state index in [1.807, 2.05) is 6.92 Å². The molecule has 2 aromatic heterocycles. The lowest BCUT2D eigenvalue weighted by Crippen LogP contribution is -2.39. The summed E-state index contributed by atoms with van der Waals surface area (Å²) in [5.41, 5.74) is 2.45. The summed E-state index contributed by atoms with van der Waals surface area (Å²) >= 11 is 0. The molecule has 236 valence electrons. The molecule has 0 bridgehead atoms. The number of carboxylic acids is 1. The molecule has 7 rings (SSSR count). The number of rotatable bonds is 9. The highest BCUT2D eigenvalue weighted by Gasteiger charge is 2.40. The first-order valence-corrected chi connectivity index (χ1v) is 16.7. The summed E-state index contributed by atoms with van der Waals surface area (Å²) in [6, 6.07) is 11.8. The van der Waals surface area contributed by atoms with E-state index >= 15 is 0 Å². The van der Waals surface area contributed by atoms with Crippen LogP contribution in [0.2, 0.25) is 0 Å². The molecule has 4 aromatic rings. The van der Waals surface area contributed by atoms with E-state index in [0.717, 1.165) is 37.8 Å². The smallest absolute Gasteiger partial charge is 0.304 e. The van der Waals surface area contributed by atoms with E-state index in [2.05, 4.69) is 20.2 Å². The monoisotopic (exact) mass is 636 g/mol. The molecule has 0 radical (unpaired) electrons. The van der Waals surface area contributed by atoms with Gasteiger partial charge in [-0.3, -0.25) is 4.79 Å². The zero-order valence-corrected chi connectivity index (χ0v) is 25.6. The van der Waals surface area contributed by atoms with Crippen LogP contribution in [0, 0.1) is 12.8 Å². The Labute approximate surface area is 259 Å². The summed E-state index contributed by atoms with van der Waals surface area (Å²) in [5.74, 6) is -1.12. The van der Waals surface area contributed by atoms with Gasteiger partial charge in [-0.15, -0.1) is 5.10 Å². The van der Waals surface area contributed by atoms with Crippen LogP contribution < -0.4 is 4.90 Å². The highest BCUT2D eigenvalue weighted by atomic mass is 32.2. The zero-order valence-electron chi connectivity index (χ0n) is 24.8. The lowest BCUT2D eigenvalue weighted by atomic mass is 9.84. The van der Waals surface area contributed by atoms with Gasteiger partial charge in [-0.05, 0) is 79.0 Å². The zero-order chi connectivity index (χ0) is 31.5. The Hall–Kier alpha value is -3.97. The van der Waals surface area contributed by atoms with Crippen LogP contribution in [0.15, 0.2) is 53.6 Å². The van der Waals surface area contributed by atoms with E-state index in [4.69, 9.17) is 0 Å². The van der Waals surface area contributed by atoms with E-state index in [-0.39, 0.29) is 40.7 Å². The van der Waals surface area contributed by atoms with Gasteiger partial charge in [-0.2, -0.15) is 4.31 Å². The molecule has 10 nitrogen and oxygen atoms in total. The van der Waals surface area contributed by atoms with Crippen LogP contribution >= 0.6 is 0 Å². The molecule has 1 aliphatic carbocycles. The van der Waals surface area contributed by atoms with Crippen molar-refractivity contribution >= 4 is 32.8 Å². The second-order valence-electron chi connectivity index (χ2n) is 12.4. The number of benzene rings is 2. The molecule has 45 heavy (non-hydrogen) atoms. The van der Waals surface area contributed by atoms with Gasteiger partial charge in [0.2, 0.25) is 10.0 Å². The van der Waals surface area contributed by atoms with Gasteiger partial charge in [-0.25, -0.2) is 26.9 Å². The first-order chi connectivity index (χ1) is 21.6. The van der Waals surface area contributed by atoms with Gasteiger partial charge >= 0.3 is 5.97 Å². The number of nitrogens with zero attached hydrogens (tertiary/aromatic N) is 6. The fourth-order valence-corrected chi connectivity index (χ4v) is 8.47. The third-order valence-corrected chi connectivity index (χ3v) is 11.2. The van der Waals surface area contributed by atoms with E-state index in [1.54, 1.807) is 53.3 Å². The Balaban J connectivity index is 1.28. The van der Waals surface area contributed by atoms with Gasteiger partial charge in [0.1, 0.15) is 16.2 Å². The maximum absolute atomic E-state index is 14.8. The predicted molar refractivity (Wildman–Crippen MR) is 163 cm³/mol. The number of alkyl halides is 2. The van der Waals surface area contributed by atoms with Crippen LogP contribution in [-0.4, -0.2) is 62.9 Å². The Morgan fingerprint density at radius 3 is 2.71 bits per heavy atom. The summed E-state index contributed by atoms with van der Waals surface area (Å²) in [7, 11) is -3.91. The summed E-state index contributed by atoms with van der Waals surface area (Å²) in [6.07, 6.45) is 2.19. The number of aromatic nitrogens is 4. The minimum absolute atomic E-state index is 0.0205. The van der Waals surface area contributed by atoms with Crippen molar-refractivity contribution in [1.29, 1.82) is 0 Å². The van der Waals surface area contributed by atoms with Crippen LogP contribution in [-0.2, 0) is 27.9 Å². The Morgan fingerprint density at radius 1 is 1.13 bits per heavy atom. The van der Waals surface area contributed by atoms with E-state index < -0.39 is 34.8 Å². The van der Waals surface area contributed by atoms with Crippen LogP contribution in [0.5, 0.6) is 0 Å². The quantitative estimate of drug-likeness (QED) is 0.264. The molecule has 13 heteroatoms. The normalized spacial score (nSPS) is 20.3. The molecule has 4 heterocycles. The number of carbonyl (C=O) groups is 1. The summed E-state index contributed by atoms with van der Waals surface area (Å²) in [6.45, 7) is 3.54. The number of sulfonamides is 1. The molecule has 1 saturated carbocycles. The highest BCUT2D eigenvalue weighted by Crippen LogP contribution is 2.41. The predicted octanol–water partition coefficient (Wildman–Crippen LogP) is 5.26. The fraction of sp³-hybridized carbons (Fsp3) is 0.438. The summed E-state index contributed by atoms with van der Waals surface area (Å²) in [5, 5.41) is 18.2. The third-order valence-electron chi connectivity index (χ3n) is 9.42. The van der Waals surface area contributed by atoms with Crippen molar-refractivity contribution in [3.63, 3.8) is 0 Å². The number of anilines is 1. The van der Waals surface area contributed by atoms with Gasteiger partial charge in [0, 0.05) is 44.3 Å². The van der Waals surface area contributed by atoms with Crippen LogP contribution in [0.1, 0.15) is 72.3 Å². The molecule has 3 aliphatic rings. The van der Waals surface area contributed by atoms with Crippen LogP contribution in [0.3, 0.4) is 0 Å². The van der Waals surface area contributed by atoms with E-state index in [9.17, 15) is 27.1 Å². The van der Waals surface area contributed by atoms with Crippen molar-refractivity contribution in [2.75, 3.05) is 18.0 Å². The summed E-state index contributed by atoms with van der Waals surface area (Å²) < 4.78 is 60.5. The maximum atomic E-state index is 14.8. The molecule has 1 saturated heterocycles. The molecule has 0 spiro atoms. The van der Waals surface area contributed by atoms with Gasteiger partial charge in [0.05, 0.1) is 17.5 Å². The van der Waals surface area contributed by atoms with Crippen molar-refractivity contribution in [2.24, 2.45) is 5.92 Å². The average Bonchev–Trinajstić information content (AvgIpc) is 3.58. The van der Waals surface area contributed by atoms with Crippen LogP contribution in [0.25, 0.3) is 11.0 Å². The molecule has 0 amide bonds. The number of fused-ring (bicyclic) bond motifs is 4. The van der Waals surface area contributed by atoms with E-state index in [0.29, 0.717) is 34.9 Å². The standard InChI is InChI=1S/C32H34F2N6O4S/c1-19-6-9-21(14-22(19)17-38-18-23-4-3-13-39(23)32-27(45(38,43)44)5-2-12-35-32)25(15-28(41)42)24-10-11-26-30(29(24)31(33)34)36-37-40(26)16-20-7-8-20/h2,5-6,9-12,14,20,23,25,31H,3-4,7-8,13,15-18H2,1H3,(H,41,42)/t23?,25-/m1/s1. The topological polar surface area (TPSA) is 122 Å². The third kappa shape index (κ3) is 5.45. The second-order valence-corrected chi connectivity index (χ2v) is 14.3. The largest absolute Gasteiger partial charge is 0.481 e. The van der Waals surface area contributed by atoms with Gasteiger partial charge in [-0.1, -0.05) is 29.5 Å². The molecule has 1 unspecified atom stereocenters. The minimum Gasteiger partial charge on any atom is -0.481 e. The number of carboxylic acid groups (broad SMARTS) is 1. The first kappa shape index (κ1) is 29.7. The van der Waals surface area contributed by atoms with Crippen molar-refractivity contribution in [3.05, 3.63) is 76.5 Å². The minimum atomic E-state index is -3.91. The Morgan fingerprint density at radius 2 is 1.96 bits per heavy atom. The molecule has 2 atom stereocenters. The molecule has 2 fully saturated rings. The number of pyridine rings is 1. The number of aliphatic carboxylic acids is 1. The molecule has 2 aliphatic heterocycles. The van der Waals surface area contributed by atoms with Crippen molar-refractivity contribution < 1.29 is 27.1 Å². The first-order valence-electron chi connectivity index (χ1n) is 15.3. The molecule has 1 N–H and O–H groups in total. The van der Waals surface area contributed by atoms with Crippen molar-refractivity contribution in [1.82, 2.24) is 24.3 Å². The molecule has 2 aromatic carbocycles. The Bertz CT molecular complexity index is 1890. The van der Waals surface area contributed by atoms with Crippen LogP contribution in [0.4, 0.5) is 14.6 Å². The van der Waals surface area contributed by atoms with Crippen molar-refractivity contribution in [2.45, 2.75) is 75.4 Å². The summed E-state index contributed by atoms with van der Waals surface area (Å²) in [4.78, 5) is 18.8. The molecular weight excluding hydrogens is 602 g/mol. The maximum Gasteiger partial charge on any atom is 0.304 e. The number of hydrogen-bond acceptors (Lipinski definition) is 7. The van der Waals surface area contributed by atoms with Crippen molar-refractivity contribution in [3.8, 4) is 0 Å². The number of halogens is 2. The second kappa shape index (κ2) is 11.4. The number of hydrogen-bond donors (Lipinski definition) is 1. The lowest BCUT2D eigenvalue weighted by Gasteiger charge is -2.26. The molecular formula is C32H34F2N6O4S. The number of aryl methyl sites for hydroxylation is 1. The average molecular weight is 637 g/mol. The van der Waals surface area contributed by atoms with Gasteiger partial charge in [0.15, 0.2) is 0 Å². The highest BCUT2D eigenvalue weighted by molar-refractivity contribution is 7.89. The van der Waals surface area contributed by atoms with Gasteiger partial charge in [0.25, 0.3) is 6.43 Å².